The molecule has 0 aliphatic carbocycles. The van der Waals surface area contributed by atoms with E-state index in [1.54, 1.807) is 13.0 Å². The molecule has 1 aromatic carbocycles. The van der Waals surface area contributed by atoms with Crippen molar-refractivity contribution < 1.29 is 13.9 Å². The first-order chi connectivity index (χ1) is 8.90. The molecule has 1 heterocycles. The summed E-state index contributed by atoms with van der Waals surface area (Å²) in [7, 11) is 0. The van der Waals surface area contributed by atoms with Crippen molar-refractivity contribution in [3.63, 3.8) is 0 Å². The van der Waals surface area contributed by atoms with Crippen molar-refractivity contribution >= 4 is 28.5 Å². The number of fused-ring (bicyclic) bond motifs is 1. The molecule has 2 aromatic rings. The molecule has 0 aliphatic rings. The molecule has 2 rings (SSSR count). The maximum absolute atomic E-state index is 11.6. The van der Waals surface area contributed by atoms with E-state index in [-0.39, 0.29) is 12.4 Å². The van der Waals surface area contributed by atoms with Gasteiger partial charge in [-0.3, -0.25) is 4.79 Å². The Kier molecular flexibility index (Phi) is 3.48. The molecule has 0 unspecified atom stereocenters. The van der Waals surface area contributed by atoms with Gasteiger partial charge in [0.05, 0.1) is 5.02 Å². The number of benzene rings is 1. The number of amides is 1. The Balaban J connectivity index is 2.59. The van der Waals surface area contributed by atoms with Crippen LogP contribution in [-0.4, -0.2) is 12.5 Å². The Morgan fingerprint density at radius 2 is 2.05 bits per heavy atom. The molecule has 0 bridgehead atoms. The minimum atomic E-state index is -0.613. The van der Waals surface area contributed by atoms with E-state index in [0.717, 1.165) is 10.9 Å². The van der Waals surface area contributed by atoms with E-state index in [0.29, 0.717) is 16.2 Å². The van der Waals surface area contributed by atoms with Crippen LogP contribution in [0, 0.1) is 13.8 Å². The molecule has 0 aliphatic heterocycles. The van der Waals surface area contributed by atoms with E-state index in [1.807, 2.05) is 6.92 Å². The predicted octanol–water partition coefficient (Wildman–Crippen LogP) is 1.93. The monoisotopic (exact) mass is 281 g/mol. The number of ether oxygens (including phenoxy) is 1. The lowest BCUT2D eigenvalue weighted by Crippen LogP contribution is -2.20. The van der Waals surface area contributed by atoms with Crippen LogP contribution in [0.15, 0.2) is 21.3 Å². The fraction of sp³-hybridized carbons (Fsp3) is 0.231. The maximum Gasteiger partial charge on any atom is 0.339 e. The number of hydrogen-bond donors (Lipinski definition) is 1. The predicted molar refractivity (Wildman–Crippen MR) is 71.7 cm³/mol. The third-order valence-electron chi connectivity index (χ3n) is 2.88. The second-order valence-electron chi connectivity index (χ2n) is 4.17. The Morgan fingerprint density at radius 3 is 2.68 bits per heavy atom. The first kappa shape index (κ1) is 13.4. The van der Waals surface area contributed by atoms with Crippen LogP contribution in [0.3, 0.4) is 0 Å². The number of carbonyl (C=O) groups is 1. The fourth-order valence-corrected chi connectivity index (χ4v) is 1.92. The lowest BCUT2D eigenvalue weighted by Gasteiger charge is -2.09. The Morgan fingerprint density at radius 1 is 1.37 bits per heavy atom. The second-order valence-corrected chi connectivity index (χ2v) is 4.58. The Labute approximate surface area is 113 Å². The highest BCUT2D eigenvalue weighted by Crippen LogP contribution is 2.31. The lowest BCUT2D eigenvalue weighted by atomic mass is 10.1. The number of hydrogen-bond acceptors (Lipinski definition) is 4. The zero-order valence-electron chi connectivity index (χ0n) is 10.5. The van der Waals surface area contributed by atoms with Crippen LogP contribution < -0.4 is 16.1 Å². The zero-order chi connectivity index (χ0) is 14.2. The second kappa shape index (κ2) is 4.93. The van der Waals surface area contributed by atoms with Crippen LogP contribution in [0.1, 0.15) is 11.1 Å². The van der Waals surface area contributed by atoms with Crippen LogP contribution in [0.5, 0.6) is 5.75 Å². The third kappa shape index (κ3) is 2.56. The van der Waals surface area contributed by atoms with Gasteiger partial charge >= 0.3 is 5.63 Å². The molecule has 0 atom stereocenters. The van der Waals surface area contributed by atoms with Crippen molar-refractivity contribution in [3.05, 3.63) is 38.7 Å². The highest BCUT2D eigenvalue weighted by Gasteiger charge is 2.12. The molecule has 6 heteroatoms. The smallest absolute Gasteiger partial charge is 0.339 e. The number of nitrogens with two attached hydrogens (primary N) is 1. The summed E-state index contributed by atoms with van der Waals surface area (Å²) in [5.74, 6) is -0.364. The van der Waals surface area contributed by atoms with Gasteiger partial charge in [-0.2, -0.15) is 0 Å². The summed E-state index contributed by atoms with van der Waals surface area (Å²) in [4.78, 5) is 22.3. The molecular weight excluding hydrogens is 270 g/mol. The highest BCUT2D eigenvalue weighted by atomic mass is 35.5. The lowest BCUT2D eigenvalue weighted by molar-refractivity contribution is -0.119. The number of primary amides is 1. The van der Waals surface area contributed by atoms with Gasteiger partial charge in [-0.15, -0.1) is 0 Å². The van der Waals surface area contributed by atoms with Crippen LogP contribution in [0.2, 0.25) is 5.02 Å². The Hall–Kier alpha value is -2.01. The van der Waals surface area contributed by atoms with Crippen LogP contribution in [0.25, 0.3) is 11.0 Å². The molecule has 0 radical (unpaired) electrons. The van der Waals surface area contributed by atoms with Crippen molar-refractivity contribution in [1.82, 2.24) is 0 Å². The number of halogens is 1. The van der Waals surface area contributed by atoms with Crippen molar-refractivity contribution in [3.8, 4) is 5.75 Å². The molecule has 100 valence electrons. The van der Waals surface area contributed by atoms with Crippen molar-refractivity contribution in [1.29, 1.82) is 0 Å². The van der Waals surface area contributed by atoms with E-state index in [1.165, 1.54) is 6.07 Å². The summed E-state index contributed by atoms with van der Waals surface area (Å²) < 4.78 is 10.3. The maximum atomic E-state index is 11.6. The molecular formula is C13H12ClNO4. The summed E-state index contributed by atoms with van der Waals surface area (Å²) in [5.41, 5.74) is 6.28. The van der Waals surface area contributed by atoms with Gasteiger partial charge in [0.15, 0.2) is 6.61 Å². The van der Waals surface area contributed by atoms with Crippen LogP contribution >= 0.6 is 11.6 Å². The highest BCUT2D eigenvalue weighted by molar-refractivity contribution is 6.32. The summed E-state index contributed by atoms with van der Waals surface area (Å²) >= 11 is 6.05. The first-order valence-corrected chi connectivity index (χ1v) is 5.92. The molecule has 0 saturated heterocycles. The van der Waals surface area contributed by atoms with Crippen LogP contribution in [-0.2, 0) is 4.79 Å². The molecule has 1 amide bonds. The molecule has 19 heavy (non-hydrogen) atoms. The van der Waals surface area contributed by atoms with Gasteiger partial charge in [0.1, 0.15) is 11.3 Å². The van der Waals surface area contributed by atoms with Gasteiger partial charge in [0.2, 0.25) is 0 Å². The minimum Gasteiger partial charge on any atom is -0.482 e. The SMILES string of the molecule is Cc1c(C)c2cc(Cl)c(OCC(N)=O)cc2oc1=O. The number of carbonyl (C=O) groups excluding carboxylic acids is 1. The number of aryl methyl sites for hydroxylation is 1. The first-order valence-electron chi connectivity index (χ1n) is 5.55. The van der Waals surface area contributed by atoms with E-state index in [4.69, 9.17) is 26.5 Å². The van der Waals surface area contributed by atoms with E-state index < -0.39 is 11.5 Å². The molecule has 0 fully saturated rings. The van der Waals surface area contributed by atoms with Gasteiger partial charge in [0.25, 0.3) is 5.91 Å². The standard InChI is InChI=1S/C13H12ClNO4/c1-6-7(2)13(17)19-10-4-11(18-5-12(15)16)9(14)3-8(6)10/h3-4H,5H2,1-2H3,(H2,15,16). The van der Waals surface area contributed by atoms with Crippen molar-refractivity contribution in [2.75, 3.05) is 6.61 Å². The van der Waals surface area contributed by atoms with Gasteiger partial charge in [-0.25, -0.2) is 4.79 Å². The third-order valence-corrected chi connectivity index (χ3v) is 3.17. The van der Waals surface area contributed by atoms with E-state index in [9.17, 15) is 9.59 Å². The summed E-state index contributed by atoms with van der Waals surface area (Å²) in [5, 5.41) is 1.05. The Bertz CT molecular complexity index is 721. The molecule has 0 saturated carbocycles. The zero-order valence-corrected chi connectivity index (χ0v) is 11.2. The molecule has 2 N–H and O–H groups in total. The average Bonchev–Trinajstić information content (AvgIpc) is 2.35. The molecule has 1 aromatic heterocycles. The fourth-order valence-electron chi connectivity index (χ4n) is 1.70. The average molecular weight is 282 g/mol. The molecule has 5 nitrogen and oxygen atoms in total. The van der Waals surface area contributed by atoms with Gasteiger partial charge < -0.3 is 14.9 Å². The quantitative estimate of drug-likeness (QED) is 0.872. The summed E-state index contributed by atoms with van der Waals surface area (Å²) in [6, 6.07) is 3.12. The molecule has 0 spiro atoms. The van der Waals surface area contributed by atoms with Crippen LogP contribution in [0.4, 0.5) is 0 Å². The summed E-state index contributed by atoms with van der Waals surface area (Å²) in [6.45, 7) is 3.21. The van der Waals surface area contributed by atoms with Gasteiger partial charge in [-0.05, 0) is 25.5 Å². The topological polar surface area (TPSA) is 82.5 Å². The minimum absolute atomic E-state index is 0.249. The van der Waals surface area contributed by atoms with E-state index in [2.05, 4.69) is 0 Å². The van der Waals surface area contributed by atoms with Gasteiger partial charge in [-0.1, -0.05) is 11.6 Å². The largest absolute Gasteiger partial charge is 0.482 e. The normalized spacial score (nSPS) is 10.7. The van der Waals surface area contributed by atoms with Crippen molar-refractivity contribution in [2.45, 2.75) is 13.8 Å². The van der Waals surface area contributed by atoms with E-state index >= 15 is 0 Å². The number of rotatable bonds is 3. The van der Waals surface area contributed by atoms with Crippen molar-refractivity contribution in [2.24, 2.45) is 5.73 Å². The summed E-state index contributed by atoms with van der Waals surface area (Å²) in [6.07, 6.45) is 0. The van der Waals surface area contributed by atoms with Gasteiger partial charge in [0, 0.05) is 17.0 Å².